The Kier molecular flexibility index (Phi) is 7.71. The summed E-state index contributed by atoms with van der Waals surface area (Å²) in [5.41, 5.74) is 0.591. The number of carboxylic acid groups (broad SMARTS) is 1. The first-order valence-corrected chi connectivity index (χ1v) is 6.96. The summed E-state index contributed by atoms with van der Waals surface area (Å²) in [5, 5.41) is 12.2. The van der Waals surface area contributed by atoms with Crippen LogP contribution < -0.4 is 10.1 Å². The van der Waals surface area contributed by atoms with Gasteiger partial charge in [-0.1, -0.05) is 25.5 Å². The van der Waals surface area contributed by atoms with Crippen LogP contribution in [0.3, 0.4) is 0 Å². The number of halogens is 1. The Hall–Kier alpha value is -1.66. The molecule has 0 aromatic heterocycles. The highest BCUT2D eigenvalue weighted by molar-refractivity contribution is 5.72. The van der Waals surface area contributed by atoms with Gasteiger partial charge in [0.2, 0.25) is 0 Å². The van der Waals surface area contributed by atoms with Crippen molar-refractivity contribution in [2.45, 2.75) is 32.4 Å². The van der Waals surface area contributed by atoms with Crippen molar-refractivity contribution in [3.05, 3.63) is 29.6 Å². The monoisotopic (exact) mass is 299 g/mol. The van der Waals surface area contributed by atoms with E-state index in [9.17, 15) is 9.18 Å². The van der Waals surface area contributed by atoms with Gasteiger partial charge in [0.15, 0.2) is 17.7 Å². The molecule has 0 aliphatic heterocycles. The Balaban J connectivity index is 2.80. The first kappa shape index (κ1) is 17.4. The molecule has 0 radical (unpaired) electrons. The van der Waals surface area contributed by atoms with E-state index >= 15 is 0 Å². The van der Waals surface area contributed by atoms with E-state index in [1.807, 2.05) is 6.92 Å². The van der Waals surface area contributed by atoms with Crippen LogP contribution in [0.2, 0.25) is 0 Å². The van der Waals surface area contributed by atoms with Crippen LogP contribution in [0.15, 0.2) is 18.2 Å². The van der Waals surface area contributed by atoms with Gasteiger partial charge < -0.3 is 19.9 Å². The van der Waals surface area contributed by atoms with Crippen LogP contribution in [0.25, 0.3) is 0 Å². The third kappa shape index (κ3) is 5.69. The molecule has 0 saturated heterocycles. The minimum Gasteiger partial charge on any atom is -0.479 e. The molecule has 0 heterocycles. The summed E-state index contributed by atoms with van der Waals surface area (Å²) in [6.07, 6.45) is -0.0582. The van der Waals surface area contributed by atoms with E-state index in [0.29, 0.717) is 38.1 Å². The molecule has 0 spiro atoms. The average Bonchev–Trinajstić information content (AvgIpc) is 2.45. The van der Waals surface area contributed by atoms with Gasteiger partial charge in [0.05, 0.1) is 6.61 Å². The van der Waals surface area contributed by atoms with E-state index in [1.54, 1.807) is 19.2 Å². The van der Waals surface area contributed by atoms with Crippen LogP contribution in [-0.2, 0) is 16.1 Å². The molecule has 1 aromatic carbocycles. The topological polar surface area (TPSA) is 67.8 Å². The number of carbonyl (C=O) groups is 1. The molecule has 0 amide bonds. The van der Waals surface area contributed by atoms with Gasteiger partial charge >= 0.3 is 5.97 Å². The van der Waals surface area contributed by atoms with Crippen molar-refractivity contribution in [1.82, 2.24) is 5.32 Å². The van der Waals surface area contributed by atoms with E-state index in [0.717, 1.165) is 0 Å². The molecule has 5 nitrogen and oxygen atoms in total. The second-order valence-corrected chi connectivity index (χ2v) is 4.63. The third-order valence-corrected chi connectivity index (χ3v) is 2.93. The van der Waals surface area contributed by atoms with Crippen LogP contribution in [0.1, 0.15) is 25.3 Å². The average molecular weight is 299 g/mol. The summed E-state index contributed by atoms with van der Waals surface area (Å²) in [6.45, 7) is 3.39. The van der Waals surface area contributed by atoms with Crippen molar-refractivity contribution in [3.8, 4) is 5.75 Å². The lowest BCUT2D eigenvalue weighted by Gasteiger charge is -2.18. The zero-order chi connectivity index (χ0) is 15.7. The molecule has 6 heteroatoms. The molecule has 118 valence electrons. The number of methoxy groups -OCH3 is 1. The van der Waals surface area contributed by atoms with Crippen LogP contribution in [0.4, 0.5) is 4.39 Å². The number of hydrogen-bond acceptors (Lipinski definition) is 4. The number of hydrogen-bond donors (Lipinski definition) is 2. The molecular weight excluding hydrogens is 277 g/mol. The predicted octanol–water partition coefficient (Wildman–Crippen LogP) is 2.19. The van der Waals surface area contributed by atoms with Crippen molar-refractivity contribution in [2.24, 2.45) is 0 Å². The Morgan fingerprint density at radius 3 is 2.86 bits per heavy atom. The zero-order valence-electron chi connectivity index (χ0n) is 12.4. The van der Waals surface area contributed by atoms with E-state index in [1.165, 1.54) is 6.07 Å². The van der Waals surface area contributed by atoms with Gasteiger partial charge in [-0.05, 0) is 12.5 Å². The van der Waals surface area contributed by atoms with Gasteiger partial charge in [0.25, 0.3) is 0 Å². The molecular formula is C15H22FNO4. The van der Waals surface area contributed by atoms with Crippen LogP contribution in [-0.4, -0.2) is 37.4 Å². The molecule has 0 bridgehead atoms. The summed E-state index contributed by atoms with van der Waals surface area (Å²) in [7, 11) is 1.60. The van der Waals surface area contributed by atoms with E-state index in [2.05, 4.69) is 5.32 Å². The standard InChI is InChI=1S/C15H22FNO4/c1-3-5-13(15(18)19)21-14-11(6-4-7-12(14)16)10-17-8-9-20-2/h4,6-7,13,17H,3,5,8-10H2,1-2H3,(H,18,19). The largest absolute Gasteiger partial charge is 0.479 e. The highest BCUT2D eigenvalue weighted by Gasteiger charge is 2.21. The number of rotatable bonds is 10. The fraction of sp³-hybridized carbons (Fsp3) is 0.533. The maximum Gasteiger partial charge on any atom is 0.344 e. The fourth-order valence-corrected chi connectivity index (χ4v) is 1.86. The second kappa shape index (κ2) is 9.31. The van der Waals surface area contributed by atoms with Gasteiger partial charge in [-0.15, -0.1) is 0 Å². The van der Waals surface area contributed by atoms with Gasteiger partial charge in [-0.3, -0.25) is 0 Å². The lowest BCUT2D eigenvalue weighted by molar-refractivity contribution is -0.145. The number of benzene rings is 1. The maximum atomic E-state index is 13.9. The molecule has 1 atom stereocenters. The number of nitrogens with one attached hydrogen (secondary N) is 1. The smallest absolute Gasteiger partial charge is 0.344 e. The lowest BCUT2D eigenvalue weighted by Crippen LogP contribution is -2.28. The molecule has 21 heavy (non-hydrogen) atoms. The Morgan fingerprint density at radius 2 is 2.24 bits per heavy atom. The first-order chi connectivity index (χ1) is 10.1. The van der Waals surface area contributed by atoms with Crippen molar-refractivity contribution in [2.75, 3.05) is 20.3 Å². The highest BCUT2D eigenvalue weighted by Crippen LogP contribution is 2.25. The molecule has 1 unspecified atom stereocenters. The van der Waals surface area contributed by atoms with E-state index in [4.69, 9.17) is 14.6 Å². The SMILES string of the molecule is CCCC(Oc1c(F)cccc1CNCCOC)C(=O)O. The molecule has 1 aromatic rings. The first-order valence-electron chi connectivity index (χ1n) is 6.96. The predicted molar refractivity (Wildman–Crippen MR) is 76.9 cm³/mol. The maximum absolute atomic E-state index is 13.9. The van der Waals surface area contributed by atoms with E-state index < -0.39 is 17.9 Å². The van der Waals surface area contributed by atoms with Crippen LogP contribution in [0, 0.1) is 5.82 Å². The molecule has 0 aliphatic rings. The molecule has 0 fully saturated rings. The van der Waals surface area contributed by atoms with Gasteiger partial charge in [-0.25, -0.2) is 9.18 Å². The summed E-state index contributed by atoms with van der Waals surface area (Å²) >= 11 is 0. The van der Waals surface area contributed by atoms with Gasteiger partial charge in [0.1, 0.15) is 0 Å². The Bertz CT molecular complexity index is 453. The zero-order valence-corrected chi connectivity index (χ0v) is 12.4. The van der Waals surface area contributed by atoms with Crippen molar-refractivity contribution in [3.63, 3.8) is 0 Å². The highest BCUT2D eigenvalue weighted by atomic mass is 19.1. The van der Waals surface area contributed by atoms with Crippen molar-refractivity contribution in [1.29, 1.82) is 0 Å². The molecule has 2 N–H and O–H groups in total. The summed E-state index contributed by atoms with van der Waals surface area (Å²) < 4.78 is 24.2. The number of carboxylic acids is 1. The summed E-state index contributed by atoms with van der Waals surface area (Å²) in [5.74, 6) is -1.63. The molecule has 0 saturated carbocycles. The second-order valence-electron chi connectivity index (χ2n) is 4.63. The number of para-hydroxylation sites is 1. The van der Waals surface area contributed by atoms with Gasteiger partial charge in [0, 0.05) is 25.8 Å². The fourth-order valence-electron chi connectivity index (χ4n) is 1.86. The van der Waals surface area contributed by atoms with Crippen molar-refractivity contribution >= 4 is 5.97 Å². The summed E-state index contributed by atoms with van der Waals surface area (Å²) in [4.78, 5) is 11.1. The summed E-state index contributed by atoms with van der Waals surface area (Å²) in [6, 6.07) is 4.55. The quantitative estimate of drug-likeness (QED) is 0.648. The Labute approximate surface area is 124 Å². The minimum atomic E-state index is -1.08. The minimum absolute atomic E-state index is 0.00302. The molecule has 0 aliphatic carbocycles. The van der Waals surface area contributed by atoms with E-state index in [-0.39, 0.29) is 5.75 Å². The van der Waals surface area contributed by atoms with Gasteiger partial charge in [-0.2, -0.15) is 0 Å². The van der Waals surface area contributed by atoms with Crippen LogP contribution in [0.5, 0.6) is 5.75 Å². The molecule has 1 rings (SSSR count). The number of aliphatic carboxylic acids is 1. The third-order valence-electron chi connectivity index (χ3n) is 2.93. The van der Waals surface area contributed by atoms with Crippen molar-refractivity contribution < 1.29 is 23.8 Å². The Morgan fingerprint density at radius 1 is 1.48 bits per heavy atom. The lowest BCUT2D eigenvalue weighted by atomic mass is 10.1. The normalized spacial score (nSPS) is 12.1. The van der Waals surface area contributed by atoms with Crippen LogP contribution >= 0.6 is 0 Å². The number of ether oxygens (including phenoxy) is 2.